The summed E-state index contributed by atoms with van der Waals surface area (Å²) in [6, 6.07) is 6.77. The van der Waals surface area contributed by atoms with E-state index in [9.17, 15) is 9.59 Å². The van der Waals surface area contributed by atoms with Crippen LogP contribution in [0.5, 0.6) is 5.75 Å². The first kappa shape index (κ1) is 13.2. The van der Waals surface area contributed by atoms with Gasteiger partial charge in [-0.25, -0.2) is 5.48 Å². The number of hydrogen-bond acceptors (Lipinski definition) is 4. The average Bonchev–Trinajstić information content (AvgIpc) is 2.36. The van der Waals surface area contributed by atoms with Gasteiger partial charge in [-0.3, -0.25) is 14.4 Å². The van der Waals surface area contributed by atoms with E-state index in [2.05, 4.69) is 10.3 Å². The molecule has 0 heterocycles. The van der Waals surface area contributed by atoms with Gasteiger partial charge in [0.1, 0.15) is 5.75 Å². The number of nitrogens with one attached hydrogen (secondary N) is 1. The predicted octanol–water partition coefficient (Wildman–Crippen LogP) is 1.34. The minimum atomic E-state index is -0.311. The maximum absolute atomic E-state index is 11.7. The molecule has 0 aliphatic rings. The van der Waals surface area contributed by atoms with E-state index >= 15 is 0 Å². The standard InChI is InChI=1S/C12H15NO4/c1-16-10-5-3-9(4-6-10)11(14)7-8-12(15)13-17-2/h3-6H,7-8H2,1-2H3,(H,13,15). The third-order valence-corrected chi connectivity index (χ3v) is 2.21. The molecule has 0 aliphatic heterocycles. The molecule has 0 radical (unpaired) electrons. The number of methoxy groups -OCH3 is 1. The SMILES string of the molecule is CONC(=O)CCC(=O)c1ccc(OC)cc1. The number of rotatable bonds is 6. The summed E-state index contributed by atoms with van der Waals surface area (Å²) in [6.45, 7) is 0. The highest BCUT2D eigenvalue weighted by Crippen LogP contribution is 2.13. The van der Waals surface area contributed by atoms with Crippen molar-refractivity contribution in [3.63, 3.8) is 0 Å². The fourth-order valence-electron chi connectivity index (χ4n) is 1.31. The zero-order chi connectivity index (χ0) is 12.7. The molecule has 0 bridgehead atoms. The normalized spacial score (nSPS) is 9.76. The quantitative estimate of drug-likeness (QED) is 0.599. The van der Waals surface area contributed by atoms with Crippen molar-refractivity contribution < 1.29 is 19.2 Å². The van der Waals surface area contributed by atoms with E-state index in [0.717, 1.165) is 0 Å². The van der Waals surface area contributed by atoms with Gasteiger partial charge in [-0.15, -0.1) is 0 Å². The van der Waals surface area contributed by atoms with Crippen molar-refractivity contribution >= 4 is 11.7 Å². The molecule has 0 unspecified atom stereocenters. The fourth-order valence-corrected chi connectivity index (χ4v) is 1.31. The van der Waals surface area contributed by atoms with E-state index in [1.165, 1.54) is 7.11 Å². The van der Waals surface area contributed by atoms with Gasteiger partial charge in [-0.2, -0.15) is 0 Å². The summed E-state index contributed by atoms with van der Waals surface area (Å²) in [7, 11) is 2.91. The topological polar surface area (TPSA) is 64.6 Å². The van der Waals surface area contributed by atoms with Crippen molar-refractivity contribution in [3.8, 4) is 5.75 Å². The van der Waals surface area contributed by atoms with Gasteiger partial charge in [0, 0.05) is 18.4 Å². The van der Waals surface area contributed by atoms with Crippen LogP contribution in [0.2, 0.25) is 0 Å². The molecule has 5 nitrogen and oxygen atoms in total. The van der Waals surface area contributed by atoms with Gasteiger partial charge in [0.2, 0.25) is 5.91 Å². The molecule has 1 amide bonds. The summed E-state index contributed by atoms with van der Waals surface area (Å²) >= 11 is 0. The maximum Gasteiger partial charge on any atom is 0.243 e. The highest BCUT2D eigenvalue weighted by atomic mass is 16.6. The van der Waals surface area contributed by atoms with Crippen LogP contribution < -0.4 is 10.2 Å². The van der Waals surface area contributed by atoms with Crippen LogP contribution in [0.25, 0.3) is 0 Å². The Hall–Kier alpha value is -1.88. The highest BCUT2D eigenvalue weighted by Gasteiger charge is 2.09. The molecule has 0 aliphatic carbocycles. The minimum Gasteiger partial charge on any atom is -0.497 e. The van der Waals surface area contributed by atoms with Crippen LogP contribution in [-0.4, -0.2) is 25.9 Å². The first-order valence-corrected chi connectivity index (χ1v) is 5.16. The van der Waals surface area contributed by atoms with Gasteiger partial charge in [-0.05, 0) is 24.3 Å². The van der Waals surface area contributed by atoms with E-state index in [0.29, 0.717) is 11.3 Å². The molecule has 0 saturated carbocycles. The lowest BCUT2D eigenvalue weighted by Crippen LogP contribution is -2.22. The van der Waals surface area contributed by atoms with Crippen molar-refractivity contribution in [2.45, 2.75) is 12.8 Å². The maximum atomic E-state index is 11.7. The molecule has 17 heavy (non-hydrogen) atoms. The van der Waals surface area contributed by atoms with E-state index in [1.807, 2.05) is 0 Å². The minimum absolute atomic E-state index is 0.0843. The molecule has 5 heteroatoms. The Morgan fingerprint density at radius 2 is 1.76 bits per heavy atom. The van der Waals surface area contributed by atoms with Gasteiger partial charge in [0.05, 0.1) is 14.2 Å². The summed E-state index contributed by atoms with van der Waals surface area (Å²) in [6.07, 6.45) is 0.264. The fraction of sp³-hybridized carbons (Fsp3) is 0.333. The van der Waals surface area contributed by atoms with Crippen molar-refractivity contribution in [3.05, 3.63) is 29.8 Å². The van der Waals surface area contributed by atoms with Crippen molar-refractivity contribution in [2.24, 2.45) is 0 Å². The largest absolute Gasteiger partial charge is 0.497 e. The molecule has 1 aromatic rings. The van der Waals surface area contributed by atoms with Crippen LogP contribution in [0.4, 0.5) is 0 Å². The zero-order valence-electron chi connectivity index (χ0n) is 9.86. The third kappa shape index (κ3) is 4.24. The number of hydroxylamine groups is 1. The van der Waals surface area contributed by atoms with Crippen LogP contribution >= 0.6 is 0 Å². The first-order chi connectivity index (χ1) is 8.17. The predicted molar refractivity (Wildman–Crippen MR) is 61.7 cm³/mol. The number of Topliss-reactive ketones (excluding diaryl/α,β-unsaturated/α-hetero) is 1. The van der Waals surface area contributed by atoms with Crippen LogP contribution in [0, 0.1) is 0 Å². The van der Waals surface area contributed by atoms with Crippen molar-refractivity contribution in [1.82, 2.24) is 5.48 Å². The van der Waals surface area contributed by atoms with E-state index in [1.54, 1.807) is 31.4 Å². The second-order valence-corrected chi connectivity index (χ2v) is 3.38. The Morgan fingerprint density at radius 3 is 2.29 bits per heavy atom. The molecule has 1 rings (SSSR count). The molecule has 92 valence electrons. The summed E-state index contributed by atoms with van der Waals surface area (Å²) in [5, 5.41) is 0. The highest BCUT2D eigenvalue weighted by molar-refractivity contribution is 5.97. The second kappa shape index (κ2) is 6.65. The lowest BCUT2D eigenvalue weighted by molar-refractivity contribution is -0.131. The van der Waals surface area contributed by atoms with Crippen molar-refractivity contribution in [2.75, 3.05) is 14.2 Å². The molecule has 0 spiro atoms. The van der Waals surface area contributed by atoms with Gasteiger partial charge in [0.15, 0.2) is 5.78 Å². The van der Waals surface area contributed by atoms with Gasteiger partial charge < -0.3 is 4.74 Å². The van der Waals surface area contributed by atoms with Crippen LogP contribution in [0.1, 0.15) is 23.2 Å². The van der Waals surface area contributed by atoms with Gasteiger partial charge in [0.25, 0.3) is 0 Å². The summed E-state index contributed by atoms with van der Waals surface area (Å²) in [5.74, 6) is 0.298. The summed E-state index contributed by atoms with van der Waals surface area (Å²) in [5.41, 5.74) is 2.73. The number of ether oxygens (including phenoxy) is 1. The third-order valence-electron chi connectivity index (χ3n) is 2.21. The first-order valence-electron chi connectivity index (χ1n) is 5.16. The molecule has 0 aromatic heterocycles. The number of carbonyl (C=O) groups is 2. The Kier molecular flexibility index (Phi) is 5.16. The Morgan fingerprint density at radius 1 is 1.12 bits per heavy atom. The zero-order valence-corrected chi connectivity index (χ0v) is 9.86. The van der Waals surface area contributed by atoms with Crippen LogP contribution in [-0.2, 0) is 9.63 Å². The molecule has 1 aromatic carbocycles. The van der Waals surface area contributed by atoms with E-state index in [-0.39, 0.29) is 24.5 Å². The second-order valence-electron chi connectivity index (χ2n) is 3.38. The number of ketones is 1. The number of benzene rings is 1. The Bertz CT molecular complexity index is 386. The van der Waals surface area contributed by atoms with Crippen molar-refractivity contribution in [1.29, 1.82) is 0 Å². The molecular formula is C12H15NO4. The molecule has 0 saturated heterocycles. The number of carbonyl (C=O) groups excluding carboxylic acids is 2. The van der Waals surface area contributed by atoms with Gasteiger partial charge >= 0.3 is 0 Å². The molecule has 0 fully saturated rings. The lowest BCUT2D eigenvalue weighted by Gasteiger charge is -2.03. The lowest BCUT2D eigenvalue weighted by atomic mass is 10.1. The number of amides is 1. The number of hydrogen-bond donors (Lipinski definition) is 1. The van der Waals surface area contributed by atoms with Crippen LogP contribution in [0.15, 0.2) is 24.3 Å². The molecule has 0 atom stereocenters. The monoisotopic (exact) mass is 237 g/mol. The average molecular weight is 237 g/mol. The smallest absolute Gasteiger partial charge is 0.243 e. The van der Waals surface area contributed by atoms with E-state index in [4.69, 9.17) is 4.74 Å². The van der Waals surface area contributed by atoms with Gasteiger partial charge in [-0.1, -0.05) is 0 Å². The van der Waals surface area contributed by atoms with E-state index < -0.39 is 0 Å². The Balaban J connectivity index is 2.49. The Labute approximate surface area is 99.7 Å². The molecule has 1 N–H and O–H groups in total. The van der Waals surface area contributed by atoms with Crippen LogP contribution in [0.3, 0.4) is 0 Å². The summed E-state index contributed by atoms with van der Waals surface area (Å²) in [4.78, 5) is 27.2. The summed E-state index contributed by atoms with van der Waals surface area (Å²) < 4.78 is 4.99. The molecular weight excluding hydrogens is 222 g/mol.